The van der Waals surface area contributed by atoms with Crippen molar-refractivity contribution in [3.05, 3.63) is 127 Å². The van der Waals surface area contributed by atoms with E-state index in [4.69, 9.17) is 15.0 Å². The summed E-state index contributed by atoms with van der Waals surface area (Å²) in [7, 11) is 0. The maximum Gasteiger partial charge on any atom is 0.164 e. The van der Waals surface area contributed by atoms with E-state index >= 15 is 0 Å². The highest BCUT2D eigenvalue weighted by Gasteiger charge is 2.13. The highest BCUT2D eigenvalue weighted by Crippen LogP contribution is 2.40. The summed E-state index contributed by atoms with van der Waals surface area (Å²) < 4.78 is 2.54. The quantitative estimate of drug-likeness (QED) is 0.186. The predicted octanol–water partition coefficient (Wildman–Crippen LogP) is 10.8. The number of benzene rings is 7. The molecule has 0 saturated carbocycles. The first-order valence-corrected chi connectivity index (χ1v) is 15.3. The molecule has 0 amide bonds. The van der Waals surface area contributed by atoms with Crippen molar-refractivity contribution in [2.45, 2.75) is 0 Å². The molecule has 10 rings (SSSR count). The molecule has 0 atom stereocenters. The minimum absolute atomic E-state index is 0.674. The van der Waals surface area contributed by atoms with Gasteiger partial charge in [0.2, 0.25) is 0 Å². The Morgan fingerprint density at radius 2 is 0.977 bits per heavy atom. The zero-order valence-corrected chi connectivity index (χ0v) is 23.7. The Kier molecular flexibility index (Phi) is 4.60. The number of nitrogens with zero attached hydrogens (tertiary/aromatic N) is 3. The summed E-state index contributed by atoms with van der Waals surface area (Å²) in [6, 6.07) is 46.0. The fourth-order valence-electron chi connectivity index (χ4n) is 6.74. The average molecular weight is 564 g/mol. The number of rotatable bonds is 1. The molecule has 0 fully saturated rings. The van der Waals surface area contributed by atoms with E-state index in [2.05, 4.69) is 109 Å². The topological polar surface area (TPSA) is 38.7 Å². The zero-order valence-electron chi connectivity index (χ0n) is 22.9. The SMILES string of the molecule is c1ccc(-c2nc3nc(n2)c2ccc4sc5cccc(c6ccc7ccc8ccc9ccc3cc9c8c7c6)c5c4c2)cc1. The molecule has 3 nitrogen and oxygen atoms in total. The number of hydrogen-bond donors (Lipinski definition) is 0. The standard InChI is InChI=1S/C39H21N3S/c1-2-5-25(6-3-1)37-40-38-27-16-12-23-10-14-24-13-9-22-11-15-26(19-30(22)35(24)31(23)20-27)29-7-4-8-34-36(29)32-21-28(39(41-37)42-38)17-18-33(32)43-34/h1-21H. The van der Waals surface area contributed by atoms with E-state index in [0.717, 1.165) is 16.3 Å². The van der Waals surface area contributed by atoms with Crippen LogP contribution in [0.1, 0.15) is 0 Å². The van der Waals surface area contributed by atoms with Crippen molar-refractivity contribution in [3.8, 4) is 11.4 Å². The molecule has 43 heavy (non-hydrogen) atoms. The molecule has 4 heteroatoms. The summed E-state index contributed by atoms with van der Waals surface area (Å²) >= 11 is 1.84. The molecule has 3 heterocycles. The van der Waals surface area contributed by atoms with Gasteiger partial charge in [-0.05, 0) is 79.5 Å². The van der Waals surface area contributed by atoms with Gasteiger partial charge in [-0.15, -0.1) is 11.3 Å². The third-order valence-corrected chi connectivity index (χ3v) is 9.94. The summed E-state index contributed by atoms with van der Waals surface area (Å²) in [4.78, 5) is 15.2. The Labute approximate surface area is 249 Å². The molecule has 0 spiro atoms. The molecule has 7 aromatic carbocycles. The summed E-state index contributed by atoms with van der Waals surface area (Å²) in [6.07, 6.45) is 0. The van der Waals surface area contributed by atoms with Crippen LogP contribution in [0.4, 0.5) is 0 Å². The van der Waals surface area contributed by atoms with E-state index in [-0.39, 0.29) is 0 Å². The van der Waals surface area contributed by atoms with Crippen molar-refractivity contribution in [2.24, 2.45) is 0 Å². The van der Waals surface area contributed by atoms with Crippen molar-refractivity contribution in [2.75, 3.05) is 0 Å². The smallest absolute Gasteiger partial charge is 0.164 e. The lowest BCUT2D eigenvalue weighted by molar-refractivity contribution is 1.18. The molecule has 0 aliphatic carbocycles. The van der Waals surface area contributed by atoms with Crippen LogP contribution in [0, 0.1) is 0 Å². The van der Waals surface area contributed by atoms with Gasteiger partial charge in [0.25, 0.3) is 0 Å². The van der Waals surface area contributed by atoms with Gasteiger partial charge < -0.3 is 0 Å². The fraction of sp³-hybridized carbons (Fsp3) is 0. The predicted molar refractivity (Wildman–Crippen MR) is 183 cm³/mol. The Bertz CT molecular complexity index is 2780. The normalized spacial score (nSPS) is 12.2. The Morgan fingerprint density at radius 3 is 1.72 bits per heavy atom. The van der Waals surface area contributed by atoms with Crippen LogP contribution in [0.3, 0.4) is 0 Å². The lowest BCUT2D eigenvalue weighted by Crippen LogP contribution is -1.94. The Morgan fingerprint density at radius 1 is 0.372 bits per heavy atom. The van der Waals surface area contributed by atoms with Crippen molar-refractivity contribution < 1.29 is 0 Å². The average Bonchev–Trinajstić information content (AvgIpc) is 3.45. The van der Waals surface area contributed by atoms with Gasteiger partial charge in [0, 0.05) is 36.5 Å². The molecular formula is C39H21N3S. The summed E-state index contributed by atoms with van der Waals surface area (Å²) in [6.45, 7) is 0. The Hall–Kier alpha value is -5.45. The molecule has 0 unspecified atom stereocenters. The van der Waals surface area contributed by atoms with Crippen LogP contribution in [-0.2, 0) is 0 Å². The van der Waals surface area contributed by atoms with Crippen molar-refractivity contribution in [1.82, 2.24) is 15.0 Å². The maximum atomic E-state index is 5.12. The minimum Gasteiger partial charge on any atom is -0.208 e. The second-order valence-electron chi connectivity index (χ2n) is 11.3. The van der Waals surface area contributed by atoms with Crippen molar-refractivity contribution >= 4 is 96.7 Å². The van der Waals surface area contributed by atoms with Crippen LogP contribution >= 0.6 is 11.3 Å². The highest BCUT2D eigenvalue weighted by molar-refractivity contribution is 7.26. The molecule has 0 saturated heterocycles. The second-order valence-corrected chi connectivity index (χ2v) is 12.3. The number of aromatic nitrogens is 3. The second kappa shape index (κ2) is 8.54. The summed E-state index contributed by atoms with van der Waals surface area (Å²) in [5.41, 5.74) is 2.33. The highest BCUT2D eigenvalue weighted by atomic mass is 32.1. The third-order valence-electron chi connectivity index (χ3n) is 8.81. The van der Waals surface area contributed by atoms with Gasteiger partial charge in [-0.1, -0.05) is 91.0 Å². The molecule has 10 aromatic rings. The lowest BCUT2D eigenvalue weighted by atomic mass is 9.94. The molecule has 8 bridgehead atoms. The van der Waals surface area contributed by atoms with E-state index in [0.29, 0.717) is 17.1 Å². The number of fused-ring (bicyclic) bond motifs is 8. The first-order valence-electron chi connectivity index (χ1n) is 14.4. The molecular weight excluding hydrogens is 543 g/mol. The summed E-state index contributed by atoms with van der Waals surface area (Å²) in [5.74, 6) is 0.674. The van der Waals surface area contributed by atoms with Gasteiger partial charge in [-0.3, -0.25) is 0 Å². The van der Waals surface area contributed by atoms with Crippen LogP contribution in [0.25, 0.3) is 96.7 Å². The number of thiophene rings is 1. The molecule has 0 aliphatic rings. The van der Waals surface area contributed by atoms with Crippen LogP contribution in [-0.4, -0.2) is 15.0 Å². The van der Waals surface area contributed by atoms with Crippen LogP contribution in [0.15, 0.2) is 127 Å². The van der Waals surface area contributed by atoms with Crippen LogP contribution in [0.5, 0.6) is 0 Å². The summed E-state index contributed by atoms with van der Waals surface area (Å²) in [5, 5.41) is 14.3. The first-order chi connectivity index (χ1) is 21.3. The lowest BCUT2D eigenvalue weighted by Gasteiger charge is -2.10. The molecule has 0 aliphatic heterocycles. The minimum atomic E-state index is 0.674. The van der Waals surface area contributed by atoms with Gasteiger partial charge in [0.15, 0.2) is 17.1 Å². The van der Waals surface area contributed by atoms with Crippen molar-refractivity contribution in [1.29, 1.82) is 0 Å². The van der Waals surface area contributed by atoms with Gasteiger partial charge in [-0.2, -0.15) is 0 Å². The Balaban J connectivity index is 1.52. The van der Waals surface area contributed by atoms with Crippen molar-refractivity contribution in [3.63, 3.8) is 0 Å². The van der Waals surface area contributed by atoms with E-state index in [9.17, 15) is 0 Å². The van der Waals surface area contributed by atoms with E-state index in [1.165, 1.54) is 63.3 Å². The molecule has 198 valence electrons. The largest absolute Gasteiger partial charge is 0.208 e. The maximum absolute atomic E-state index is 5.12. The van der Waals surface area contributed by atoms with Crippen LogP contribution < -0.4 is 0 Å². The van der Waals surface area contributed by atoms with Gasteiger partial charge in [0.1, 0.15) is 0 Å². The van der Waals surface area contributed by atoms with Gasteiger partial charge in [-0.25, -0.2) is 15.0 Å². The molecule has 3 aromatic heterocycles. The van der Waals surface area contributed by atoms with Gasteiger partial charge in [0.05, 0.1) is 0 Å². The van der Waals surface area contributed by atoms with E-state index in [1.807, 2.05) is 29.5 Å². The number of hydrogen-bond acceptors (Lipinski definition) is 4. The third kappa shape index (κ3) is 3.38. The zero-order chi connectivity index (χ0) is 28.1. The van der Waals surface area contributed by atoms with E-state index in [1.54, 1.807) is 0 Å². The van der Waals surface area contributed by atoms with E-state index < -0.39 is 0 Å². The molecule has 0 radical (unpaired) electrons. The molecule has 0 N–H and O–H groups in total. The first kappa shape index (κ1) is 23.1. The monoisotopic (exact) mass is 563 g/mol. The van der Waals surface area contributed by atoms with Gasteiger partial charge >= 0.3 is 0 Å². The fourth-order valence-corrected chi connectivity index (χ4v) is 7.85. The van der Waals surface area contributed by atoms with Crippen LogP contribution in [0.2, 0.25) is 0 Å².